The van der Waals surface area contributed by atoms with Crippen molar-refractivity contribution in [1.82, 2.24) is 4.98 Å². The van der Waals surface area contributed by atoms with Gasteiger partial charge in [0.15, 0.2) is 0 Å². The maximum absolute atomic E-state index is 13.9. The molecular weight excluding hydrogens is 413 g/mol. The monoisotopic (exact) mass is 457 g/mol. The summed E-state index contributed by atoms with van der Waals surface area (Å²) >= 11 is 0. The van der Waals surface area contributed by atoms with Gasteiger partial charge in [-0.2, -0.15) is 0 Å². The molecule has 0 fully saturated rings. The van der Waals surface area contributed by atoms with Crippen molar-refractivity contribution in [3.05, 3.63) is 42.6 Å². The second-order valence-corrected chi connectivity index (χ2v) is 8.98. The number of unbranched alkanes of at least 4 members (excludes halogenated alkanes) is 10. The molecule has 4 heteroatoms. The largest absolute Gasteiger partial charge is 0.494 e. The molecule has 0 spiro atoms. The molecule has 1 unspecified atom stereocenters. The van der Waals surface area contributed by atoms with Crippen LogP contribution < -0.4 is 9.47 Å². The maximum Gasteiger partial charge on any atom is 0.137 e. The van der Waals surface area contributed by atoms with E-state index in [2.05, 4.69) is 18.8 Å². The van der Waals surface area contributed by atoms with Gasteiger partial charge in [0.2, 0.25) is 0 Å². The third-order valence-electron chi connectivity index (χ3n) is 5.95. The first-order valence-electron chi connectivity index (χ1n) is 13.2. The van der Waals surface area contributed by atoms with Crippen molar-refractivity contribution < 1.29 is 13.9 Å². The highest BCUT2D eigenvalue weighted by molar-refractivity contribution is 5.60. The van der Waals surface area contributed by atoms with Crippen molar-refractivity contribution in [2.45, 2.75) is 103 Å². The number of halogens is 1. The van der Waals surface area contributed by atoms with Crippen LogP contribution in [0.15, 0.2) is 42.6 Å². The summed E-state index contributed by atoms with van der Waals surface area (Å²) in [6.45, 7) is 5.25. The summed E-state index contributed by atoms with van der Waals surface area (Å²) in [6.07, 6.45) is 16.3. The highest BCUT2D eigenvalue weighted by Gasteiger charge is 2.08. The van der Waals surface area contributed by atoms with Crippen molar-refractivity contribution in [1.29, 1.82) is 0 Å². The molecule has 1 heterocycles. The van der Waals surface area contributed by atoms with E-state index in [1.807, 2.05) is 36.4 Å². The number of aromatic nitrogens is 1. The minimum Gasteiger partial charge on any atom is -0.494 e. The molecule has 2 aromatic rings. The van der Waals surface area contributed by atoms with Gasteiger partial charge in [0, 0.05) is 5.56 Å². The van der Waals surface area contributed by atoms with Crippen LogP contribution in [0, 0.1) is 0 Å². The average molecular weight is 458 g/mol. The van der Waals surface area contributed by atoms with E-state index in [0.29, 0.717) is 12.2 Å². The molecular formula is C29H44FNO2. The second-order valence-electron chi connectivity index (χ2n) is 8.98. The third kappa shape index (κ3) is 12.1. The summed E-state index contributed by atoms with van der Waals surface area (Å²) in [4.78, 5) is 4.47. The van der Waals surface area contributed by atoms with Crippen LogP contribution >= 0.6 is 0 Å². The Morgan fingerprint density at radius 1 is 0.697 bits per heavy atom. The van der Waals surface area contributed by atoms with Gasteiger partial charge in [0.05, 0.1) is 18.5 Å². The van der Waals surface area contributed by atoms with Crippen molar-refractivity contribution in [3.63, 3.8) is 0 Å². The summed E-state index contributed by atoms with van der Waals surface area (Å²) in [7, 11) is 0. The molecule has 0 radical (unpaired) electrons. The number of pyridine rings is 1. The molecule has 0 saturated carbocycles. The lowest BCUT2D eigenvalue weighted by atomic mass is 10.1. The minimum absolute atomic E-state index is 0.0930. The molecule has 0 bridgehead atoms. The summed E-state index contributed by atoms with van der Waals surface area (Å²) in [5.41, 5.74) is 1.90. The van der Waals surface area contributed by atoms with E-state index in [1.54, 1.807) is 6.20 Å². The van der Waals surface area contributed by atoms with Gasteiger partial charge >= 0.3 is 0 Å². The fraction of sp³-hybridized carbons (Fsp3) is 0.621. The maximum atomic E-state index is 13.9. The van der Waals surface area contributed by atoms with E-state index < -0.39 is 6.17 Å². The van der Waals surface area contributed by atoms with E-state index in [-0.39, 0.29) is 6.61 Å². The summed E-state index contributed by atoms with van der Waals surface area (Å²) in [5.74, 6) is 1.51. The van der Waals surface area contributed by atoms with Crippen LogP contribution in [0.1, 0.15) is 97.3 Å². The second kappa shape index (κ2) is 17.4. The molecule has 1 aromatic heterocycles. The zero-order valence-electron chi connectivity index (χ0n) is 20.9. The fourth-order valence-corrected chi connectivity index (χ4v) is 3.85. The van der Waals surface area contributed by atoms with Gasteiger partial charge in [0.25, 0.3) is 0 Å². The quantitative estimate of drug-likeness (QED) is 0.197. The number of hydrogen-bond donors (Lipinski definition) is 0. The molecule has 1 aromatic carbocycles. The van der Waals surface area contributed by atoms with Gasteiger partial charge in [-0.05, 0) is 49.2 Å². The van der Waals surface area contributed by atoms with Crippen LogP contribution in [0.5, 0.6) is 11.5 Å². The minimum atomic E-state index is -0.917. The van der Waals surface area contributed by atoms with Crippen molar-refractivity contribution in [2.24, 2.45) is 0 Å². The van der Waals surface area contributed by atoms with Crippen molar-refractivity contribution in [2.75, 3.05) is 13.2 Å². The molecule has 0 saturated heterocycles. The first kappa shape index (κ1) is 27.1. The van der Waals surface area contributed by atoms with Crippen LogP contribution in [0.3, 0.4) is 0 Å². The van der Waals surface area contributed by atoms with Crippen LogP contribution in [0.25, 0.3) is 11.3 Å². The Kier molecular flexibility index (Phi) is 14.3. The highest BCUT2D eigenvalue weighted by atomic mass is 19.1. The van der Waals surface area contributed by atoms with Crippen LogP contribution in [0.2, 0.25) is 0 Å². The Bertz CT molecular complexity index is 717. The molecule has 0 N–H and O–H groups in total. The Morgan fingerprint density at radius 2 is 1.30 bits per heavy atom. The number of ether oxygens (including phenoxy) is 2. The highest BCUT2D eigenvalue weighted by Crippen LogP contribution is 2.23. The van der Waals surface area contributed by atoms with Gasteiger partial charge < -0.3 is 9.47 Å². The number of nitrogens with zero attached hydrogens (tertiary/aromatic N) is 1. The van der Waals surface area contributed by atoms with Crippen LogP contribution in [-0.2, 0) is 0 Å². The molecule has 0 amide bonds. The fourth-order valence-electron chi connectivity index (χ4n) is 3.85. The number of benzene rings is 1. The standard InChI is InChI=1S/C29H44FNO2/c1-3-5-7-8-9-10-11-12-14-22-32-27-18-16-25(17-19-27)29-21-20-28(23-31-29)33-24-26(30)15-13-6-4-2/h16-21,23,26H,3-15,22,24H2,1-2H3. The third-order valence-corrected chi connectivity index (χ3v) is 5.95. The molecule has 0 aliphatic carbocycles. The van der Waals surface area contributed by atoms with E-state index in [9.17, 15) is 4.39 Å². The van der Waals surface area contributed by atoms with Gasteiger partial charge in [0.1, 0.15) is 24.3 Å². The zero-order chi connectivity index (χ0) is 23.6. The number of alkyl halides is 1. The SMILES string of the molecule is CCCCCCCCCCCOc1ccc(-c2ccc(OCC(F)CCCCC)cn2)cc1. The first-order chi connectivity index (χ1) is 16.2. The lowest BCUT2D eigenvalue weighted by molar-refractivity contribution is 0.183. The van der Waals surface area contributed by atoms with Crippen molar-refractivity contribution in [3.8, 4) is 22.8 Å². The summed E-state index contributed by atoms with van der Waals surface area (Å²) < 4.78 is 25.3. The average Bonchev–Trinajstić information content (AvgIpc) is 2.85. The smallest absolute Gasteiger partial charge is 0.137 e. The number of hydrogen-bond acceptors (Lipinski definition) is 3. The summed E-state index contributed by atoms with van der Waals surface area (Å²) in [6, 6.07) is 11.8. The van der Waals surface area contributed by atoms with Crippen molar-refractivity contribution >= 4 is 0 Å². The van der Waals surface area contributed by atoms with Gasteiger partial charge in [-0.25, -0.2) is 4.39 Å². The van der Waals surface area contributed by atoms with E-state index in [1.165, 1.54) is 51.4 Å². The summed E-state index contributed by atoms with van der Waals surface area (Å²) in [5, 5.41) is 0. The Labute approximate surface area is 201 Å². The predicted octanol–water partition coefficient (Wildman–Crippen LogP) is 8.96. The van der Waals surface area contributed by atoms with Gasteiger partial charge in [-0.3, -0.25) is 4.98 Å². The predicted molar refractivity (Wildman–Crippen MR) is 137 cm³/mol. The molecule has 184 valence electrons. The Morgan fingerprint density at radius 3 is 1.94 bits per heavy atom. The molecule has 0 aliphatic heterocycles. The lowest BCUT2D eigenvalue weighted by Crippen LogP contribution is -2.12. The van der Waals surface area contributed by atoms with E-state index in [0.717, 1.165) is 49.3 Å². The van der Waals surface area contributed by atoms with E-state index in [4.69, 9.17) is 9.47 Å². The molecule has 3 nitrogen and oxygen atoms in total. The van der Waals surface area contributed by atoms with Gasteiger partial charge in [-0.1, -0.05) is 84.5 Å². The normalized spacial score (nSPS) is 12.0. The van der Waals surface area contributed by atoms with Crippen LogP contribution in [0.4, 0.5) is 4.39 Å². The molecule has 33 heavy (non-hydrogen) atoms. The van der Waals surface area contributed by atoms with E-state index >= 15 is 0 Å². The topological polar surface area (TPSA) is 31.4 Å². The van der Waals surface area contributed by atoms with Gasteiger partial charge in [-0.15, -0.1) is 0 Å². The number of rotatable bonds is 19. The Hall–Kier alpha value is -2.10. The molecule has 1 atom stereocenters. The molecule has 0 aliphatic rings. The zero-order valence-corrected chi connectivity index (χ0v) is 20.9. The Balaban J connectivity index is 1.62. The first-order valence-corrected chi connectivity index (χ1v) is 13.2. The molecule has 2 rings (SSSR count). The van der Waals surface area contributed by atoms with Crippen LogP contribution in [-0.4, -0.2) is 24.4 Å². The lowest BCUT2D eigenvalue weighted by Gasteiger charge is -2.11.